The molecule has 0 unspecified atom stereocenters. The minimum Gasteiger partial charge on any atom is -0.323 e. The van der Waals surface area contributed by atoms with Gasteiger partial charge in [-0.2, -0.15) is 0 Å². The molecule has 0 spiro atoms. The molecule has 0 radical (unpaired) electrons. The molecule has 3 fully saturated rings. The van der Waals surface area contributed by atoms with Crippen molar-refractivity contribution in [3.63, 3.8) is 0 Å². The SMILES string of the molecule is CC1(C)C[P@@](=O)([C@@H]2C[C@@H]3CC[C@@]2(C)C3(C)C)C1(C)C. The highest BCUT2D eigenvalue weighted by Crippen LogP contribution is 2.86. The van der Waals surface area contributed by atoms with Crippen LogP contribution in [-0.4, -0.2) is 17.0 Å². The molecule has 0 amide bonds. The molecule has 2 bridgehead atoms. The lowest BCUT2D eigenvalue weighted by molar-refractivity contribution is 0.146. The second kappa shape index (κ2) is 3.34. The highest BCUT2D eigenvalue weighted by molar-refractivity contribution is 7.68. The molecule has 4 atom stereocenters. The third kappa shape index (κ3) is 1.28. The fourth-order valence-electron chi connectivity index (χ4n) is 5.69. The lowest BCUT2D eigenvalue weighted by Crippen LogP contribution is -2.57. The van der Waals surface area contributed by atoms with Gasteiger partial charge in [-0.05, 0) is 41.4 Å². The molecule has 2 saturated carbocycles. The van der Waals surface area contributed by atoms with E-state index in [0.29, 0.717) is 16.5 Å². The molecule has 2 aliphatic carbocycles. The molecule has 0 aromatic rings. The molecule has 2 heteroatoms. The van der Waals surface area contributed by atoms with Gasteiger partial charge in [-0.3, -0.25) is 0 Å². The van der Waals surface area contributed by atoms with Gasteiger partial charge in [-0.1, -0.05) is 48.5 Å². The van der Waals surface area contributed by atoms with Crippen molar-refractivity contribution >= 4 is 7.14 Å². The molecule has 1 nitrogen and oxygen atoms in total. The van der Waals surface area contributed by atoms with Crippen LogP contribution in [0.4, 0.5) is 0 Å². The van der Waals surface area contributed by atoms with Crippen molar-refractivity contribution in [3.8, 4) is 0 Å². The Morgan fingerprint density at radius 1 is 1.00 bits per heavy atom. The zero-order chi connectivity index (χ0) is 14.5. The number of hydrogen-bond donors (Lipinski definition) is 0. The standard InChI is InChI=1S/C17H31OP/c1-14(2)11-19(18,16(14,5)6)13-10-12-8-9-17(13,7)15(12,3)4/h12-13H,8-11H2,1-7H3/t12-,13+,17+,19+/m0/s1. The molecule has 19 heavy (non-hydrogen) atoms. The van der Waals surface area contributed by atoms with Crippen LogP contribution in [0.2, 0.25) is 0 Å². The Hall–Kier alpha value is 0.230. The fraction of sp³-hybridized carbons (Fsp3) is 1.00. The highest BCUT2D eigenvalue weighted by atomic mass is 31.2. The fourth-order valence-corrected chi connectivity index (χ4v) is 11.5. The van der Waals surface area contributed by atoms with Crippen molar-refractivity contribution in [3.05, 3.63) is 0 Å². The normalized spacial score (nSPS) is 53.0. The summed E-state index contributed by atoms with van der Waals surface area (Å²) in [7, 11) is -2.05. The van der Waals surface area contributed by atoms with Crippen molar-refractivity contribution in [2.75, 3.05) is 6.16 Å². The Balaban J connectivity index is 2.01. The van der Waals surface area contributed by atoms with Crippen LogP contribution in [0.1, 0.15) is 67.7 Å². The van der Waals surface area contributed by atoms with E-state index in [1.165, 1.54) is 19.3 Å². The van der Waals surface area contributed by atoms with Gasteiger partial charge in [0.25, 0.3) is 0 Å². The minimum absolute atomic E-state index is 0.0359. The summed E-state index contributed by atoms with van der Waals surface area (Å²) >= 11 is 0. The van der Waals surface area contributed by atoms with E-state index in [4.69, 9.17) is 0 Å². The number of hydrogen-bond acceptors (Lipinski definition) is 1. The molecule has 1 saturated heterocycles. The Morgan fingerprint density at radius 3 is 1.89 bits per heavy atom. The minimum atomic E-state index is -2.05. The largest absolute Gasteiger partial charge is 0.323 e. The van der Waals surface area contributed by atoms with Gasteiger partial charge in [-0.25, -0.2) is 0 Å². The molecule has 0 N–H and O–H groups in total. The van der Waals surface area contributed by atoms with Crippen LogP contribution < -0.4 is 0 Å². The van der Waals surface area contributed by atoms with E-state index < -0.39 is 7.14 Å². The molecule has 0 aromatic heterocycles. The van der Waals surface area contributed by atoms with Crippen LogP contribution in [0.25, 0.3) is 0 Å². The second-order valence-corrected chi connectivity index (χ2v) is 13.2. The van der Waals surface area contributed by atoms with Gasteiger partial charge < -0.3 is 4.57 Å². The van der Waals surface area contributed by atoms with Crippen molar-refractivity contribution in [1.29, 1.82) is 0 Å². The maximum Gasteiger partial charge on any atom is 0.0976 e. The van der Waals surface area contributed by atoms with Gasteiger partial charge >= 0.3 is 0 Å². The number of rotatable bonds is 1. The lowest BCUT2D eigenvalue weighted by atomic mass is 9.71. The molecule has 1 heterocycles. The monoisotopic (exact) mass is 282 g/mol. The van der Waals surface area contributed by atoms with Crippen LogP contribution in [0.5, 0.6) is 0 Å². The first-order chi connectivity index (χ1) is 8.40. The summed E-state index contributed by atoms with van der Waals surface area (Å²) in [6.07, 6.45) is 4.88. The topological polar surface area (TPSA) is 17.1 Å². The summed E-state index contributed by atoms with van der Waals surface area (Å²) in [5, 5.41) is 0.0359. The first-order valence-corrected chi connectivity index (χ1v) is 9.95. The van der Waals surface area contributed by atoms with Gasteiger partial charge in [0.15, 0.2) is 0 Å². The summed E-state index contributed by atoms with van der Waals surface area (Å²) in [4.78, 5) is 0. The zero-order valence-electron chi connectivity index (χ0n) is 13.8. The Bertz CT molecular complexity index is 474. The quantitative estimate of drug-likeness (QED) is 0.590. The van der Waals surface area contributed by atoms with E-state index >= 15 is 0 Å². The first kappa shape index (κ1) is 14.2. The number of fused-ring (bicyclic) bond motifs is 2. The Labute approximate surface area is 119 Å². The molecular weight excluding hydrogens is 251 g/mol. The second-order valence-electron chi connectivity index (χ2n) is 9.52. The van der Waals surface area contributed by atoms with E-state index in [1.807, 2.05) is 0 Å². The molecule has 3 aliphatic rings. The van der Waals surface area contributed by atoms with Crippen LogP contribution in [0.15, 0.2) is 0 Å². The average Bonchev–Trinajstić information content (AvgIpc) is 2.59. The third-order valence-corrected chi connectivity index (χ3v) is 14.0. The molecule has 0 aromatic carbocycles. The summed E-state index contributed by atoms with van der Waals surface area (Å²) < 4.78 is 13.8. The summed E-state index contributed by atoms with van der Waals surface area (Å²) in [6.45, 7) is 16.5. The maximum absolute atomic E-state index is 13.8. The van der Waals surface area contributed by atoms with Crippen molar-refractivity contribution in [2.24, 2.45) is 22.2 Å². The summed E-state index contributed by atoms with van der Waals surface area (Å²) in [5.41, 5.74) is 1.47. The van der Waals surface area contributed by atoms with E-state index in [-0.39, 0.29) is 10.6 Å². The van der Waals surface area contributed by atoms with Crippen LogP contribution in [0, 0.1) is 22.2 Å². The predicted octanol–water partition coefficient (Wildman–Crippen LogP) is 5.38. The van der Waals surface area contributed by atoms with Gasteiger partial charge in [0.2, 0.25) is 0 Å². The van der Waals surface area contributed by atoms with Crippen LogP contribution in [0.3, 0.4) is 0 Å². The van der Waals surface area contributed by atoms with E-state index in [1.54, 1.807) is 0 Å². The van der Waals surface area contributed by atoms with Crippen LogP contribution >= 0.6 is 7.14 Å². The van der Waals surface area contributed by atoms with Crippen molar-refractivity contribution in [1.82, 2.24) is 0 Å². The first-order valence-electron chi connectivity index (χ1n) is 7.99. The van der Waals surface area contributed by atoms with E-state index in [9.17, 15) is 4.57 Å². The van der Waals surface area contributed by atoms with Gasteiger partial charge in [0.05, 0.1) is 7.14 Å². The van der Waals surface area contributed by atoms with Crippen molar-refractivity contribution in [2.45, 2.75) is 78.5 Å². The summed E-state index contributed by atoms with van der Waals surface area (Å²) in [5.74, 6) is 0.813. The van der Waals surface area contributed by atoms with Crippen molar-refractivity contribution < 1.29 is 4.57 Å². The predicted molar refractivity (Wildman–Crippen MR) is 83.4 cm³/mol. The van der Waals surface area contributed by atoms with E-state index in [0.717, 1.165) is 12.1 Å². The van der Waals surface area contributed by atoms with Gasteiger partial charge in [0.1, 0.15) is 0 Å². The molecule has 110 valence electrons. The average molecular weight is 282 g/mol. The summed E-state index contributed by atoms with van der Waals surface area (Å²) in [6, 6.07) is 0. The smallest absolute Gasteiger partial charge is 0.0976 e. The highest BCUT2D eigenvalue weighted by Gasteiger charge is 2.73. The molecule has 3 rings (SSSR count). The molecule has 1 aliphatic heterocycles. The Kier molecular flexibility index (Phi) is 2.50. The lowest BCUT2D eigenvalue weighted by Gasteiger charge is -2.63. The maximum atomic E-state index is 13.8. The van der Waals surface area contributed by atoms with Gasteiger partial charge in [-0.15, -0.1) is 0 Å². The Morgan fingerprint density at radius 2 is 1.58 bits per heavy atom. The van der Waals surface area contributed by atoms with Gasteiger partial charge in [0, 0.05) is 17.0 Å². The third-order valence-electron chi connectivity index (χ3n) is 8.48. The van der Waals surface area contributed by atoms with E-state index in [2.05, 4.69) is 48.5 Å². The van der Waals surface area contributed by atoms with Crippen LogP contribution in [-0.2, 0) is 4.57 Å². The molecular formula is C17H31OP. The zero-order valence-corrected chi connectivity index (χ0v) is 14.7.